The lowest BCUT2D eigenvalue weighted by atomic mass is 9.76. The Kier molecular flexibility index (Phi) is 4.50. The largest absolute Gasteiger partial charge is 0.392 e. The van der Waals surface area contributed by atoms with Crippen molar-refractivity contribution in [3.05, 3.63) is 28.3 Å². The van der Waals surface area contributed by atoms with Gasteiger partial charge in [-0.25, -0.2) is 0 Å². The number of halogens is 1. The highest BCUT2D eigenvalue weighted by Crippen LogP contribution is 2.54. The smallest absolute Gasteiger partial charge is 0.250 e. The summed E-state index contributed by atoms with van der Waals surface area (Å²) in [5, 5.41) is 16.8. The third-order valence-corrected chi connectivity index (χ3v) is 6.56. The summed E-state index contributed by atoms with van der Waals surface area (Å²) < 4.78 is 5.02. The number of anilines is 1. The van der Waals surface area contributed by atoms with E-state index in [1.165, 1.54) is 7.11 Å². The van der Waals surface area contributed by atoms with Gasteiger partial charge in [0.25, 0.3) is 0 Å². The summed E-state index contributed by atoms with van der Waals surface area (Å²) in [5.41, 5.74) is 0.389. The molecule has 2 saturated heterocycles. The van der Waals surface area contributed by atoms with Gasteiger partial charge in [-0.05, 0) is 25.5 Å². The van der Waals surface area contributed by atoms with E-state index in [9.17, 15) is 19.5 Å². The van der Waals surface area contributed by atoms with E-state index in [4.69, 9.17) is 16.3 Å². The molecule has 1 spiro atoms. The predicted octanol–water partition coefficient (Wildman–Crippen LogP) is 0.396. The second-order valence-electron chi connectivity index (χ2n) is 7.59. The molecule has 1 aromatic rings. The van der Waals surface area contributed by atoms with E-state index in [1.54, 1.807) is 26.0 Å². The molecule has 3 N–H and O–H groups in total. The number of hydrogen-bond donors (Lipinski definition) is 3. The highest BCUT2D eigenvalue weighted by molar-refractivity contribution is 6.32. The number of nitrogens with zero attached hydrogens (tertiary/aromatic N) is 1. The van der Waals surface area contributed by atoms with Crippen molar-refractivity contribution < 1.29 is 24.2 Å². The van der Waals surface area contributed by atoms with Gasteiger partial charge >= 0.3 is 0 Å². The van der Waals surface area contributed by atoms with Crippen LogP contribution in [0, 0.1) is 18.8 Å². The summed E-state index contributed by atoms with van der Waals surface area (Å²) in [5.74, 6) is -3.02. The molecule has 1 aromatic carbocycles. The topological polar surface area (TPSA) is 108 Å². The van der Waals surface area contributed by atoms with Crippen LogP contribution in [0.5, 0.6) is 0 Å². The number of imide groups is 1. The molecule has 3 unspecified atom stereocenters. The van der Waals surface area contributed by atoms with Gasteiger partial charge in [-0.3, -0.25) is 24.6 Å². The second-order valence-corrected chi connectivity index (χ2v) is 8.00. The number of rotatable bonds is 4. The van der Waals surface area contributed by atoms with Gasteiger partial charge in [0.2, 0.25) is 17.7 Å². The van der Waals surface area contributed by atoms with E-state index in [0.29, 0.717) is 21.8 Å². The first-order chi connectivity index (χ1) is 13.3. The van der Waals surface area contributed by atoms with Crippen LogP contribution in [-0.4, -0.2) is 60.1 Å². The molecule has 3 aliphatic rings. The van der Waals surface area contributed by atoms with Crippen LogP contribution in [0.25, 0.3) is 0 Å². The van der Waals surface area contributed by atoms with Crippen LogP contribution in [0.2, 0.25) is 5.02 Å². The van der Waals surface area contributed by atoms with Crippen LogP contribution < -0.4 is 10.6 Å². The molecule has 0 saturated carbocycles. The average molecular weight is 408 g/mol. The zero-order chi connectivity index (χ0) is 20.4. The summed E-state index contributed by atoms with van der Waals surface area (Å²) in [6, 6.07) is 2.64. The van der Waals surface area contributed by atoms with Crippen molar-refractivity contribution in [2.24, 2.45) is 11.8 Å². The van der Waals surface area contributed by atoms with Gasteiger partial charge in [0.05, 0.1) is 36.8 Å². The first kappa shape index (κ1) is 19.3. The Balaban J connectivity index is 1.88. The number of carbonyl (C=O) groups excluding carboxylic acids is 3. The van der Waals surface area contributed by atoms with Crippen LogP contribution >= 0.6 is 11.6 Å². The van der Waals surface area contributed by atoms with E-state index in [0.717, 1.165) is 4.90 Å². The van der Waals surface area contributed by atoms with Crippen molar-refractivity contribution in [3.63, 3.8) is 0 Å². The minimum atomic E-state index is -1.43. The number of amides is 3. The molecule has 2 fully saturated rings. The highest BCUT2D eigenvalue weighted by Gasteiger charge is 2.71. The lowest BCUT2D eigenvalue weighted by molar-refractivity contribution is -0.143. The fourth-order valence-corrected chi connectivity index (χ4v) is 4.95. The van der Waals surface area contributed by atoms with Crippen molar-refractivity contribution in [3.8, 4) is 0 Å². The van der Waals surface area contributed by atoms with Crippen molar-refractivity contribution in [1.29, 1.82) is 0 Å². The fourth-order valence-electron chi connectivity index (χ4n) is 4.80. The average Bonchev–Trinajstić information content (AvgIpc) is 3.23. The Bertz CT molecular complexity index is 889. The molecule has 3 heterocycles. The number of methoxy groups -OCH3 is 1. The van der Waals surface area contributed by atoms with E-state index >= 15 is 0 Å². The SMILES string of the molecule is COCCN1C(=O)[C@@H]2C(C(C)O)NC3(C(=O)Nc4c3ccc(Cl)c4C)[C@@H]2C1=O. The molecule has 4 rings (SSSR count). The summed E-state index contributed by atoms with van der Waals surface area (Å²) in [6.45, 7) is 3.64. The number of ether oxygens (including phenoxy) is 1. The van der Waals surface area contributed by atoms with Gasteiger partial charge in [0.15, 0.2) is 0 Å². The summed E-state index contributed by atoms with van der Waals surface area (Å²) in [7, 11) is 1.49. The fraction of sp³-hybridized carbons (Fsp3) is 0.526. The quantitative estimate of drug-likeness (QED) is 0.623. The maximum atomic E-state index is 13.3. The molecule has 8 nitrogen and oxygen atoms in total. The Morgan fingerprint density at radius 2 is 2.04 bits per heavy atom. The molecule has 0 bridgehead atoms. The minimum absolute atomic E-state index is 0.109. The Hall–Kier alpha value is -2.00. The molecule has 9 heteroatoms. The van der Waals surface area contributed by atoms with Gasteiger partial charge in [-0.2, -0.15) is 0 Å². The number of carbonyl (C=O) groups is 3. The van der Waals surface area contributed by atoms with Gasteiger partial charge in [0, 0.05) is 23.7 Å². The molecule has 3 amide bonds. The van der Waals surface area contributed by atoms with Crippen LogP contribution in [0.1, 0.15) is 18.1 Å². The third-order valence-electron chi connectivity index (χ3n) is 6.15. The van der Waals surface area contributed by atoms with Gasteiger partial charge in [0.1, 0.15) is 5.54 Å². The molecule has 0 aliphatic carbocycles. The van der Waals surface area contributed by atoms with Crippen molar-refractivity contribution in [1.82, 2.24) is 10.2 Å². The number of benzene rings is 1. The molecule has 5 atom stereocenters. The number of fused-ring (bicyclic) bond motifs is 4. The number of aliphatic hydroxyl groups is 1. The zero-order valence-corrected chi connectivity index (χ0v) is 16.5. The maximum absolute atomic E-state index is 13.3. The number of hydrogen-bond acceptors (Lipinski definition) is 6. The highest BCUT2D eigenvalue weighted by atomic mass is 35.5. The third kappa shape index (κ3) is 2.32. The number of nitrogens with one attached hydrogen (secondary N) is 2. The van der Waals surface area contributed by atoms with E-state index in [1.807, 2.05) is 0 Å². The Labute approximate surface area is 167 Å². The molecular weight excluding hydrogens is 386 g/mol. The van der Waals surface area contributed by atoms with E-state index < -0.39 is 47.2 Å². The normalized spacial score (nSPS) is 32.1. The van der Waals surface area contributed by atoms with Crippen molar-refractivity contribution in [2.45, 2.75) is 31.5 Å². The molecule has 0 radical (unpaired) electrons. The predicted molar refractivity (Wildman–Crippen MR) is 101 cm³/mol. The van der Waals surface area contributed by atoms with Gasteiger partial charge < -0.3 is 15.2 Å². The summed E-state index contributed by atoms with van der Waals surface area (Å²) >= 11 is 6.20. The lowest BCUT2D eigenvalue weighted by Gasteiger charge is -2.30. The Morgan fingerprint density at radius 3 is 2.68 bits per heavy atom. The van der Waals surface area contributed by atoms with Crippen LogP contribution in [0.4, 0.5) is 5.69 Å². The maximum Gasteiger partial charge on any atom is 0.250 e. The molecular formula is C19H22ClN3O5. The minimum Gasteiger partial charge on any atom is -0.392 e. The van der Waals surface area contributed by atoms with E-state index in [-0.39, 0.29) is 13.2 Å². The van der Waals surface area contributed by atoms with Crippen LogP contribution in [0.3, 0.4) is 0 Å². The molecule has 3 aliphatic heterocycles. The monoisotopic (exact) mass is 407 g/mol. The van der Waals surface area contributed by atoms with Crippen LogP contribution in [0.15, 0.2) is 12.1 Å². The standard InChI is InChI=1S/C19H22ClN3O5/c1-8-11(20)5-4-10-14(8)21-18(27)19(10)13-12(15(22-19)9(2)24)16(25)23(17(13)26)6-7-28-3/h4-5,9,12-13,15,22,24H,6-7H2,1-3H3,(H,21,27)/t9?,12-,13-,15?,19?/m0/s1. The first-order valence-electron chi connectivity index (χ1n) is 9.16. The van der Waals surface area contributed by atoms with Gasteiger partial charge in [-0.15, -0.1) is 0 Å². The first-order valence-corrected chi connectivity index (χ1v) is 9.54. The molecule has 0 aromatic heterocycles. The second kappa shape index (κ2) is 6.52. The van der Waals surface area contributed by atoms with Crippen molar-refractivity contribution in [2.75, 3.05) is 25.6 Å². The molecule has 150 valence electrons. The van der Waals surface area contributed by atoms with Crippen LogP contribution in [-0.2, 0) is 24.7 Å². The van der Waals surface area contributed by atoms with Gasteiger partial charge in [-0.1, -0.05) is 17.7 Å². The Morgan fingerprint density at radius 1 is 1.32 bits per heavy atom. The molecule has 28 heavy (non-hydrogen) atoms. The lowest BCUT2D eigenvalue weighted by Crippen LogP contribution is -2.55. The zero-order valence-electron chi connectivity index (χ0n) is 15.8. The number of aliphatic hydroxyl groups excluding tert-OH is 1. The summed E-state index contributed by atoms with van der Waals surface area (Å²) in [4.78, 5) is 40.6. The number of likely N-dealkylation sites (tertiary alicyclic amines) is 1. The van der Waals surface area contributed by atoms with Crippen molar-refractivity contribution >= 4 is 35.0 Å². The van der Waals surface area contributed by atoms with E-state index in [2.05, 4.69) is 10.6 Å². The summed E-state index contributed by atoms with van der Waals surface area (Å²) in [6.07, 6.45) is -0.934.